The Bertz CT molecular complexity index is 752. The number of thiazole rings is 1. The van der Waals surface area contributed by atoms with Crippen LogP contribution in [0.4, 0.5) is 10.5 Å². The number of nitrogens with one attached hydrogen (secondary N) is 1. The summed E-state index contributed by atoms with van der Waals surface area (Å²) in [5, 5.41) is 11.1. The first-order chi connectivity index (χ1) is 9.22. The highest BCUT2D eigenvalue weighted by atomic mass is 32.1. The van der Waals surface area contributed by atoms with Crippen LogP contribution >= 0.6 is 11.3 Å². The molecule has 0 aliphatic carbocycles. The number of hydrogen-bond donors (Lipinski definition) is 2. The molecule has 1 aromatic heterocycles. The number of carbonyl (C=O) groups is 1. The number of fused-ring (bicyclic) bond motifs is 1. The summed E-state index contributed by atoms with van der Waals surface area (Å²) in [7, 11) is 0. The van der Waals surface area contributed by atoms with E-state index in [0.29, 0.717) is 5.69 Å². The van der Waals surface area contributed by atoms with Gasteiger partial charge in [0, 0.05) is 5.69 Å². The van der Waals surface area contributed by atoms with E-state index in [4.69, 9.17) is 5.11 Å². The van der Waals surface area contributed by atoms with Gasteiger partial charge in [-0.15, -0.1) is 11.3 Å². The molecule has 94 valence electrons. The summed E-state index contributed by atoms with van der Waals surface area (Å²) in [6.45, 7) is 0. The van der Waals surface area contributed by atoms with Gasteiger partial charge in [-0.25, -0.2) is 9.78 Å². The van der Waals surface area contributed by atoms with Gasteiger partial charge in [0.15, 0.2) is 0 Å². The first kappa shape index (κ1) is 11.7. The molecule has 1 heterocycles. The molecule has 0 fully saturated rings. The average Bonchev–Trinajstić information content (AvgIpc) is 2.85. The molecule has 0 spiro atoms. The SMILES string of the molecule is O=C(O)Nc1cccc(-c2ccc3scnc3c2)c1. The largest absolute Gasteiger partial charge is 0.465 e. The van der Waals surface area contributed by atoms with E-state index in [0.717, 1.165) is 21.3 Å². The van der Waals surface area contributed by atoms with Gasteiger partial charge in [0.1, 0.15) is 0 Å². The molecule has 0 saturated carbocycles. The molecule has 5 heteroatoms. The molecule has 1 amide bonds. The minimum absolute atomic E-state index is 0.559. The maximum absolute atomic E-state index is 10.6. The number of nitrogens with zero attached hydrogens (tertiary/aromatic N) is 1. The predicted octanol–water partition coefficient (Wildman–Crippen LogP) is 4.05. The lowest BCUT2D eigenvalue weighted by atomic mass is 10.0. The third kappa shape index (κ3) is 2.41. The smallest absolute Gasteiger partial charge is 0.409 e. The molecule has 2 aromatic carbocycles. The van der Waals surface area contributed by atoms with Crippen molar-refractivity contribution in [1.82, 2.24) is 4.98 Å². The maximum atomic E-state index is 10.6. The summed E-state index contributed by atoms with van der Waals surface area (Å²) in [5.74, 6) is 0. The van der Waals surface area contributed by atoms with Crippen molar-refractivity contribution in [1.29, 1.82) is 0 Å². The minimum Gasteiger partial charge on any atom is -0.465 e. The highest BCUT2D eigenvalue weighted by molar-refractivity contribution is 7.16. The van der Waals surface area contributed by atoms with Gasteiger partial charge in [-0.2, -0.15) is 0 Å². The van der Waals surface area contributed by atoms with E-state index >= 15 is 0 Å². The second kappa shape index (κ2) is 4.70. The van der Waals surface area contributed by atoms with Crippen LogP contribution in [-0.4, -0.2) is 16.2 Å². The van der Waals surface area contributed by atoms with Crippen LogP contribution in [0.5, 0.6) is 0 Å². The normalized spacial score (nSPS) is 10.5. The third-order valence-corrected chi connectivity index (χ3v) is 3.59. The summed E-state index contributed by atoms with van der Waals surface area (Å²) in [6, 6.07) is 13.3. The van der Waals surface area contributed by atoms with Crippen molar-refractivity contribution in [2.75, 3.05) is 5.32 Å². The summed E-state index contributed by atoms with van der Waals surface area (Å²) in [5.41, 5.74) is 5.31. The van der Waals surface area contributed by atoms with Crippen LogP contribution < -0.4 is 5.32 Å². The molecular formula is C14H10N2O2S. The number of benzene rings is 2. The first-order valence-corrected chi connectivity index (χ1v) is 6.54. The van der Waals surface area contributed by atoms with E-state index in [-0.39, 0.29) is 0 Å². The van der Waals surface area contributed by atoms with Crippen LogP contribution in [0.3, 0.4) is 0 Å². The number of amides is 1. The van der Waals surface area contributed by atoms with Crippen LogP contribution in [-0.2, 0) is 0 Å². The Kier molecular flexibility index (Phi) is 2.89. The van der Waals surface area contributed by atoms with Gasteiger partial charge < -0.3 is 5.11 Å². The summed E-state index contributed by atoms with van der Waals surface area (Å²) >= 11 is 1.60. The van der Waals surface area contributed by atoms with Crippen LogP contribution in [0.15, 0.2) is 48.0 Å². The fourth-order valence-electron chi connectivity index (χ4n) is 1.94. The number of aromatic nitrogens is 1. The quantitative estimate of drug-likeness (QED) is 0.738. The van der Waals surface area contributed by atoms with Crippen molar-refractivity contribution in [2.45, 2.75) is 0 Å². The molecule has 3 aromatic rings. The molecule has 0 aliphatic rings. The number of carboxylic acid groups (broad SMARTS) is 1. The van der Waals surface area contributed by atoms with Crippen molar-refractivity contribution >= 4 is 33.3 Å². The van der Waals surface area contributed by atoms with E-state index < -0.39 is 6.09 Å². The van der Waals surface area contributed by atoms with Crippen molar-refractivity contribution in [3.8, 4) is 11.1 Å². The fraction of sp³-hybridized carbons (Fsp3) is 0. The molecule has 3 rings (SSSR count). The van der Waals surface area contributed by atoms with Crippen LogP contribution in [0.25, 0.3) is 21.3 Å². The lowest BCUT2D eigenvalue weighted by Gasteiger charge is -2.05. The Morgan fingerprint density at radius 1 is 1.16 bits per heavy atom. The van der Waals surface area contributed by atoms with Gasteiger partial charge in [0.25, 0.3) is 0 Å². The van der Waals surface area contributed by atoms with Crippen molar-refractivity contribution in [3.05, 3.63) is 48.0 Å². The van der Waals surface area contributed by atoms with E-state index in [1.165, 1.54) is 0 Å². The monoisotopic (exact) mass is 270 g/mol. The van der Waals surface area contributed by atoms with E-state index in [2.05, 4.69) is 10.3 Å². The van der Waals surface area contributed by atoms with Crippen molar-refractivity contribution < 1.29 is 9.90 Å². The summed E-state index contributed by atoms with van der Waals surface area (Å²) in [6.07, 6.45) is -1.06. The standard InChI is InChI=1S/C14H10N2O2S/c17-14(18)16-11-3-1-2-9(6-11)10-4-5-13-12(7-10)15-8-19-13/h1-8,16H,(H,17,18). The van der Waals surface area contributed by atoms with Crippen LogP contribution in [0, 0.1) is 0 Å². The van der Waals surface area contributed by atoms with Crippen LogP contribution in [0.2, 0.25) is 0 Å². The zero-order chi connectivity index (χ0) is 13.2. The summed E-state index contributed by atoms with van der Waals surface area (Å²) < 4.78 is 1.14. The van der Waals surface area contributed by atoms with Gasteiger partial charge in [0.05, 0.1) is 15.7 Å². The molecule has 0 bridgehead atoms. The van der Waals surface area contributed by atoms with E-state index in [1.807, 2.05) is 41.9 Å². The molecule has 19 heavy (non-hydrogen) atoms. The molecular weight excluding hydrogens is 260 g/mol. The maximum Gasteiger partial charge on any atom is 0.409 e. The highest BCUT2D eigenvalue weighted by Gasteiger charge is 2.04. The second-order valence-electron chi connectivity index (χ2n) is 4.05. The Balaban J connectivity index is 2.02. The molecule has 0 unspecified atom stereocenters. The van der Waals surface area contributed by atoms with Gasteiger partial charge in [-0.1, -0.05) is 18.2 Å². The second-order valence-corrected chi connectivity index (χ2v) is 4.93. The van der Waals surface area contributed by atoms with Gasteiger partial charge in [-0.3, -0.25) is 5.32 Å². The Labute approximate surface area is 113 Å². The zero-order valence-electron chi connectivity index (χ0n) is 9.83. The molecule has 2 N–H and O–H groups in total. The fourth-order valence-corrected chi connectivity index (χ4v) is 2.60. The topological polar surface area (TPSA) is 62.2 Å². The average molecular weight is 270 g/mol. The Hall–Kier alpha value is -2.40. The summed E-state index contributed by atoms with van der Waals surface area (Å²) in [4.78, 5) is 14.9. The number of rotatable bonds is 2. The first-order valence-electron chi connectivity index (χ1n) is 5.66. The Morgan fingerprint density at radius 2 is 2.00 bits per heavy atom. The lowest BCUT2D eigenvalue weighted by Crippen LogP contribution is -2.06. The number of hydrogen-bond acceptors (Lipinski definition) is 3. The minimum atomic E-state index is -1.06. The lowest BCUT2D eigenvalue weighted by molar-refractivity contribution is 0.210. The molecule has 0 saturated heterocycles. The molecule has 0 aliphatic heterocycles. The molecule has 4 nitrogen and oxygen atoms in total. The molecule has 0 atom stereocenters. The zero-order valence-corrected chi connectivity index (χ0v) is 10.6. The van der Waals surface area contributed by atoms with Gasteiger partial charge in [-0.05, 0) is 35.4 Å². The molecule has 0 radical (unpaired) electrons. The van der Waals surface area contributed by atoms with E-state index in [9.17, 15) is 4.79 Å². The van der Waals surface area contributed by atoms with Crippen molar-refractivity contribution in [3.63, 3.8) is 0 Å². The Morgan fingerprint density at radius 3 is 2.84 bits per heavy atom. The predicted molar refractivity (Wildman–Crippen MR) is 76.7 cm³/mol. The van der Waals surface area contributed by atoms with E-state index in [1.54, 1.807) is 17.4 Å². The van der Waals surface area contributed by atoms with Crippen molar-refractivity contribution in [2.24, 2.45) is 0 Å². The van der Waals surface area contributed by atoms with Gasteiger partial charge in [0.2, 0.25) is 0 Å². The number of anilines is 1. The highest BCUT2D eigenvalue weighted by Crippen LogP contribution is 2.27. The third-order valence-electron chi connectivity index (χ3n) is 2.78. The van der Waals surface area contributed by atoms with Gasteiger partial charge >= 0.3 is 6.09 Å². The van der Waals surface area contributed by atoms with Crippen LogP contribution in [0.1, 0.15) is 0 Å².